The Balaban J connectivity index is 1.49. The number of aryl methyl sites for hydroxylation is 1. The van der Waals surface area contributed by atoms with Crippen molar-refractivity contribution in [3.8, 4) is 0 Å². The topological polar surface area (TPSA) is 95.9 Å². The Morgan fingerprint density at radius 3 is 2.83 bits per heavy atom. The van der Waals surface area contributed by atoms with Crippen LogP contribution in [0.25, 0.3) is 0 Å². The maximum absolute atomic E-state index is 12.1. The van der Waals surface area contributed by atoms with E-state index >= 15 is 0 Å². The molecular formula is C15H20N6O2. The van der Waals surface area contributed by atoms with E-state index in [0.29, 0.717) is 0 Å². The van der Waals surface area contributed by atoms with Crippen LogP contribution < -0.4 is 11.0 Å². The normalized spacial score (nSPS) is 16.4. The van der Waals surface area contributed by atoms with Gasteiger partial charge in [0.2, 0.25) is 5.82 Å². The standard InChI is InChI=1S/C15H20N6O2/c1-20-15(23)18-13(19-20)14(22)17-12-4-7-21(8-5-12)10-11-3-2-6-16-9-11/h2-3,6,9,12H,4-5,7-8,10H2,1H3,(H,17,22)(H,18,19,23). The SMILES string of the molecule is Cn1nc(C(=O)NC2CCN(Cc3cccnc3)CC2)[nH]c1=O. The third-order valence-corrected chi connectivity index (χ3v) is 4.04. The number of amides is 1. The van der Waals surface area contributed by atoms with E-state index in [1.165, 1.54) is 12.6 Å². The lowest BCUT2D eigenvalue weighted by molar-refractivity contribution is 0.0898. The van der Waals surface area contributed by atoms with Gasteiger partial charge in [-0.3, -0.25) is 19.7 Å². The average Bonchev–Trinajstić information content (AvgIpc) is 2.90. The Morgan fingerprint density at radius 1 is 1.43 bits per heavy atom. The van der Waals surface area contributed by atoms with Crippen molar-refractivity contribution in [2.45, 2.75) is 25.4 Å². The Morgan fingerprint density at radius 2 is 2.22 bits per heavy atom. The van der Waals surface area contributed by atoms with E-state index in [1.807, 2.05) is 12.3 Å². The van der Waals surface area contributed by atoms with Crippen LogP contribution in [0.4, 0.5) is 0 Å². The van der Waals surface area contributed by atoms with Crippen LogP contribution in [0.5, 0.6) is 0 Å². The van der Waals surface area contributed by atoms with Crippen molar-refractivity contribution in [1.29, 1.82) is 0 Å². The molecule has 0 bridgehead atoms. The molecule has 0 atom stereocenters. The smallest absolute Gasteiger partial charge is 0.343 e. The van der Waals surface area contributed by atoms with Crippen LogP contribution >= 0.6 is 0 Å². The quantitative estimate of drug-likeness (QED) is 0.821. The molecule has 2 aromatic heterocycles. The number of H-pyrrole nitrogens is 1. The van der Waals surface area contributed by atoms with Gasteiger partial charge in [0.1, 0.15) is 0 Å². The molecule has 0 saturated carbocycles. The Kier molecular flexibility index (Phi) is 4.52. The van der Waals surface area contributed by atoms with Gasteiger partial charge >= 0.3 is 5.69 Å². The lowest BCUT2D eigenvalue weighted by Gasteiger charge is -2.32. The molecule has 1 fully saturated rings. The first-order valence-electron chi connectivity index (χ1n) is 7.67. The number of hydrogen-bond acceptors (Lipinski definition) is 5. The fraction of sp³-hybridized carbons (Fsp3) is 0.467. The largest absolute Gasteiger partial charge is 0.346 e. The highest BCUT2D eigenvalue weighted by Gasteiger charge is 2.22. The zero-order valence-corrected chi connectivity index (χ0v) is 13.0. The van der Waals surface area contributed by atoms with Gasteiger partial charge in [-0.2, -0.15) is 0 Å². The molecule has 0 unspecified atom stereocenters. The molecular weight excluding hydrogens is 296 g/mol. The molecule has 23 heavy (non-hydrogen) atoms. The van der Waals surface area contributed by atoms with E-state index in [2.05, 4.69) is 31.3 Å². The molecule has 0 aromatic carbocycles. The van der Waals surface area contributed by atoms with Crippen LogP contribution in [-0.2, 0) is 13.6 Å². The number of aromatic amines is 1. The van der Waals surface area contributed by atoms with Gasteiger partial charge in [0.25, 0.3) is 5.91 Å². The Bertz CT molecular complexity index is 715. The molecule has 3 rings (SSSR count). The summed E-state index contributed by atoms with van der Waals surface area (Å²) in [5, 5.41) is 6.80. The molecule has 122 valence electrons. The number of hydrogen-bond donors (Lipinski definition) is 2. The van der Waals surface area contributed by atoms with E-state index in [0.717, 1.165) is 37.2 Å². The van der Waals surface area contributed by atoms with Gasteiger partial charge < -0.3 is 5.32 Å². The predicted octanol–water partition coefficient (Wildman–Crippen LogP) is -0.102. The summed E-state index contributed by atoms with van der Waals surface area (Å²) < 4.78 is 1.12. The minimum absolute atomic E-state index is 0.0651. The number of nitrogens with one attached hydrogen (secondary N) is 2. The summed E-state index contributed by atoms with van der Waals surface area (Å²) in [5.41, 5.74) is 0.808. The second-order valence-electron chi connectivity index (χ2n) is 5.79. The predicted molar refractivity (Wildman–Crippen MR) is 83.8 cm³/mol. The van der Waals surface area contributed by atoms with Gasteiger partial charge in [-0.25, -0.2) is 9.48 Å². The molecule has 0 radical (unpaired) electrons. The number of piperidine rings is 1. The molecule has 1 aliphatic heterocycles. The molecule has 1 aliphatic rings. The second kappa shape index (κ2) is 6.74. The summed E-state index contributed by atoms with van der Waals surface area (Å²) in [6.45, 7) is 2.71. The van der Waals surface area contributed by atoms with E-state index in [1.54, 1.807) is 6.20 Å². The summed E-state index contributed by atoms with van der Waals surface area (Å²) >= 11 is 0. The molecule has 8 nitrogen and oxygen atoms in total. The summed E-state index contributed by atoms with van der Waals surface area (Å²) in [6.07, 6.45) is 5.41. The van der Waals surface area contributed by atoms with Crippen LogP contribution in [0.1, 0.15) is 29.0 Å². The van der Waals surface area contributed by atoms with Crippen molar-refractivity contribution in [3.63, 3.8) is 0 Å². The molecule has 8 heteroatoms. The number of carbonyl (C=O) groups is 1. The fourth-order valence-electron chi connectivity index (χ4n) is 2.74. The fourth-order valence-corrected chi connectivity index (χ4v) is 2.74. The van der Waals surface area contributed by atoms with Gasteiger partial charge in [0, 0.05) is 45.1 Å². The number of rotatable bonds is 4. The van der Waals surface area contributed by atoms with Crippen LogP contribution in [0.2, 0.25) is 0 Å². The third-order valence-electron chi connectivity index (χ3n) is 4.04. The zero-order chi connectivity index (χ0) is 16.2. The highest BCUT2D eigenvalue weighted by Crippen LogP contribution is 2.13. The highest BCUT2D eigenvalue weighted by molar-refractivity contribution is 5.90. The molecule has 1 amide bonds. The second-order valence-corrected chi connectivity index (χ2v) is 5.79. The molecule has 2 aromatic rings. The number of carbonyl (C=O) groups excluding carboxylic acids is 1. The minimum atomic E-state index is -0.388. The van der Waals surface area contributed by atoms with Gasteiger partial charge in [-0.15, -0.1) is 5.10 Å². The number of pyridine rings is 1. The van der Waals surface area contributed by atoms with Crippen molar-refractivity contribution >= 4 is 5.91 Å². The van der Waals surface area contributed by atoms with Crippen molar-refractivity contribution in [3.05, 3.63) is 46.4 Å². The van der Waals surface area contributed by atoms with Gasteiger partial charge in [-0.1, -0.05) is 6.07 Å². The Labute approximate surface area is 133 Å². The molecule has 0 spiro atoms. The average molecular weight is 316 g/mol. The van der Waals surface area contributed by atoms with Crippen molar-refractivity contribution in [1.82, 2.24) is 30.0 Å². The van der Waals surface area contributed by atoms with Gasteiger partial charge in [0.05, 0.1) is 0 Å². The van der Waals surface area contributed by atoms with E-state index < -0.39 is 0 Å². The molecule has 2 N–H and O–H groups in total. The first kappa shape index (κ1) is 15.4. The van der Waals surface area contributed by atoms with Gasteiger partial charge in [0.15, 0.2) is 0 Å². The molecule has 0 aliphatic carbocycles. The zero-order valence-electron chi connectivity index (χ0n) is 13.0. The lowest BCUT2D eigenvalue weighted by atomic mass is 10.0. The van der Waals surface area contributed by atoms with E-state index in [-0.39, 0.29) is 23.5 Å². The summed E-state index contributed by atoms with van der Waals surface area (Å²) in [4.78, 5) is 32.3. The van der Waals surface area contributed by atoms with Gasteiger partial charge in [-0.05, 0) is 24.5 Å². The van der Waals surface area contributed by atoms with E-state index in [9.17, 15) is 9.59 Å². The first-order valence-corrected chi connectivity index (χ1v) is 7.67. The maximum Gasteiger partial charge on any atom is 0.343 e. The van der Waals surface area contributed by atoms with Crippen LogP contribution in [0, 0.1) is 0 Å². The monoisotopic (exact) mass is 316 g/mol. The number of likely N-dealkylation sites (tertiary alicyclic amines) is 1. The highest BCUT2D eigenvalue weighted by atomic mass is 16.2. The minimum Gasteiger partial charge on any atom is -0.346 e. The molecule has 3 heterocycles. The van der Waals surface area contributed by atoms with Crippen LogP contribution in [0.3, 0.4) is 0 Å². The molecule has 1 saturated heterocycles. The van der Waals surface area contributed by atoms with Crippen molar-refractivity contribution in [2.75, 3.05) is 13.1 Å². The number of nitrogens with zero attached hydrogens (tertiary/aromatic N) is 4. The van der Waals surface area contributed by atoms with Crippen molar-refractivity contribution < 1.29 is 4.79 Å². The summed E-state index contributed by atoms with van der Waals surface area (Å²) in [5.74, 6) is -0.260. The van der Waals surface area contributed by atoms with Crippen molar-refractivity contribution in [2.24, 2.45) is 7.05 Å². The first-order chi connectivity index (χ1) is 11.1. The Hall–Kier alpha value is -2.48. The number of aromatic nitrogens is 4. The van der Waals surface area contributed by atoms with Crippen LogP contribution in [0.15, 0.2) is 29.3 Å². The maximum atomic E-state index is 12.1. The van der Waals surface area contributed by atoms with E-state index in [4.69, 9.17) is 0 Å². The summed E-state index contributed by atoms with van der Waals surface area (Å²) in [6, 6.07) is 4.12. The summed E-state index contributed by atoms with van der Waals surface area (Å²) in [7, 11) is 1.51. The third kappa shape index (κ3) is 3.84. The lowest BCUT2D eigenvalue weighted by Crippen LogP contribution is -2.44. The van der Waals surface area contributed by atoms with Crippen LogP contribution in [-0.4, -0.2) is 49.7 Å².